The van der Waals surface area contributed by atoms with E-state index in [-0.39, 0.29) is 13.0 Å². The van der Waals surface area contributed by atoms with E-state index in [1.54, 1.807) is 0 Å². The molecular formula is C45H74NO9P. The monoisotopic (exact) mass is 804 g/mol. The third-order valence-electron chi connectivity index (χ3n) is 8.11. The van der Waals surface area contributed by atoms with Crippen LogP contribution in [-0.2, 0) is 32.7 Å². The molecular weight excluding hydrogens is 729 g/mol. The Morgan fingerprint density at radius 3 is 1.55 bits per heavy atom. The van der Waals surface area contributed by atoms with Gasteiger partial charge >= 0.3 is 19.8 Å². The largest absolute Gasteiger partial charge is 0.480 e. The van der Waals surface area contributed by atoms with Gasteiger partial charge in [0, 0.05) is 13.0 Å². The number of carbonyl (C=O) groups excluding carboxylic acids is 1. The zero-order valence-electron chi connectivity index (χ0n) is 34.4. The van der Waals surface area contributed by atoms with Crippen LogP contribution in [0, 0.1) is 0 Å². The minimum Gasteiger partial charge on any atom is -0.480 e. The third kappa shape index (κ3) is 39.1. The van der Waals surface area contributed by atoms with E-state index in [1.165, 1.54) is 32.1 Å². The van der Waals surface area contributed by atoms with Gasteiger partial charge in [0.25, 0.3) is 0 Å². The molecule has 3 atom stereocenters. The van der Waals surface area contributed by atoms with Crippen molar-refractivity contribution in [1.82, 2.24) is 0 Å². The Morgan fingerprint density at radius 2 is 1.04 bits per heavy atom. The van der Waals surface area contributed by atoms with Gasteiger partial charge in [-0.15, -0.1) is 0 Å². The highest BCUT2D eigenvalue weighted by molar-refractivity contribution is 7.47. The Hall–Kier alpha value is -3.11. The Balaban J connectivity index is 4.45. The van der Waals surface area contributed by atoms with E-state index in [2.05, 4.69) is 103 Å². The van der Waals surface area contributed by atoms with E-state index in [0.717, 1.165) is 77.0 Å². The summed E-state index contributed by atoms with van der Waals surface area (Å²) in [5.74, 6) is -1.88. The predicted molar refractivity (Wildman–Crippen MR) is 230 cm³/mol. The second kappa shape index (κ2) is 40.1. The van der Waals surface area contributed by atoms with Crippen LogP contribution in [0.4, 0.5) is 0 Å². The van der Waals surface area contributed by atoms with Crippen molar-refractivity contribution in [2.24, 2.45) is 5.73 Å². The van der Waals surface area contributed by atoms with Crippen LogP contribution in [-0.4, -0.2) is 60.5 Å². The van der Waals surface area contributed by atoms with Crippen molar-refractivity contribution in [1.29, 1.82) is 0 Å². The zero-order chi connectivity index (χ0) is 41.2. The molecule has 0 spiro atoms. The van der Waals surface area contributed by atoms with Gasteiger partial charge < -0.3 is 25.2 Å². The maximum absolute atomic E-state index is 12.6. The summed E-state index contributed by atoms with van der Waals surface area (Å²) < 4.78 is 33.2. The molecule has 0 rings (SSSR count). The van der Waals surface area contributed by atoms with Crippen molar-refractivity contribution >= 4 is 19.8 Å². The summed E-state index contributed by atoms with van der Waals surface area (Å²) in [6, 6.07) is -1.49. The molecule has 0 aromatic heterocycles. The number of phosphoric ester groups is 1. The van der Waals surface area contributed by atoms with E-state index in [1.807, 2.05) is 12.2 Å². The van der Waals surface area contributed by atoms with E-state index >= 15 is 0 Å². The standard InChI is InChI=1S/C45H74NO9P/c1-3-5-7-9-11-13-15-17-19-20-21-22-23-25-27-29-31-33-35-37-44(47)55-42(40-53-56(50,51)54-41-43(46)45(48)49)39-52-38-36-34-32-30-28-26-24-18-16-14-12-10-8-6-4-2/h5,7,10-13,16-19,21-22,25,27,31,33,42-43H,3-4,6,8-9,14-15,20,23-24,26,28-30,32,34-41,46H2,1-2H3,(H,48,49)(H,50,51)/b7-5-,12-10-,13-11-,18-16-,19-17-,22-21-,27-25-,33-31-. The van der Waals surface area contributed by atoms with E-state index < -0.39 is 45.1 Å². The molecule has 0 aliphatic carbocycles. The molecule has 0 amide bonds. The van der Waals surface area contributed by atoms with Crippen molar-refractivity contribution in [3.8, 4) is 0 Å². The lowest BCUT2D eigenvalue weighted by Crippen LogP contribution is -2.34. The van der Waals surface area contributed by atoms with Crippen molar-refractivity contribution < 1.29 is 42.7 Å². The lowest BCUT2D eigenvalue weighted by molar-refractivity contribution is -0.154. The highest BCUT2D eigenvalue weighted by atomic mass is 31.2. The fourth-order valence-electron chi connectivity index (χ4n) is 4.88. The van der Waals surface area contributed by atoms with Gasteiger partial charge in [-0.25, -0.2) is 4.57 Å². The molecule has 56 heavy (non-hydrogen) atoms. The summed E-state index contributed by atoms with van der Waals surface area (Å²) in [5, 5.41) is 8.88. The van der Waals surface area contributed by atoms with Crippen LogP contribution in [0.3, 0.4) is 0 Å². The molecule has 11 heteroatoms. The molecule has 0 aromatic rings. The highest BCUT2D eigenvalue weighted by Crippen LogP contribution is 2.43. The molecule has 0 fully saturated rings. The lowest BCUT2D eigenvalue weighted by atomic mass is 10.1. The van der Waals surface area contributed by atoms with Crippen molar-refractivity contribution in [2.45, 2.75) is 148 Å². The maximum atomic E-state index is 12.6. The number of carboxylic acid groups (broad SMARTS) is 1. The van der Waals surface area contributed by atoms with Crippen LogP contribution < -0.4 is 5.73 Å². The Bertz CT molecular complexity index is 1250. The van der Waals surface area contributed by atoms with Crippen LogP contribution in [0.2, 0.25) is 0 Å². The number of ether oxygens (including phenoxy) is 2. The molecule has 0 saturated heterocycles. The topological polar surface area (TPSA) is 155 Å². The van der Waals surface area contributed by atoms with Crippen LogP contribution >= 0.6 is 7.82 Å². The average molecular weight is 804 g/mol. The molecule has 318 valence electrons. The van der Waals surface area contributed by atoms with E-state index in [4.69, 9.17) is 24.8 Å². The number of unbranched alkanes of at least 4 members (excludes halogenated alkanes) is 8. The maximum Gasteiger partial charge on any atom is 0.472 e. The van der Waals surface area contributed by atoms with Crippen LogP contribution in [0.5, 0.6) is 0 Å². The summed E-state index contributed by atoms with van der Waals surface area (Å²) >= 11 is 0. The van der Waals surface area contributed by atoms with Crippen molar-refractivity contribution in [3.05, 3.63) is 97.2 Å². The molecule has 0 heterocycles. The second-order valence-corrected chi connectivity index (χ2v) is 14.8. The fourth-order valence-corrected chi connectivity index (χ4v) is 5.66. The molecule has 3 unspecified atom stereocenters. The molecule has 4 N–H and O–H groups in total. The Morgan fingerprint density at radius 1 is 0.589 bits per heavy atom. The van der Waals surface area contributed by atoms with Gasteiger partial charge in [-0.05, 0) is 77.0 Å². The number of carboxylic acids is 1. The first kappa shape index (κ1) is 52.9. The summed E-state index contributed by atoms with van der Waals surface area (Å²) in [5.41, 5.74) is 5.34. The summed E-state index contributed by atoms with van der Waals surface area (Å²) in [7, 11) is -4.64. The van der Waals surface area contributed by atoms with Crippen LogP contribution in [0.15, 0.2) is 97.2 Å². The Kier molecular flexibility index (Phi) is 37.9. The number of hydrogen-bond acceptors (Lipinski definition) is 8. The van der Waals surface area contributed by atoms with Gasteiger partial charge in [0.2, 0.25) is 0 Å². The first-order valence-electron chi connectivity index (χ1n) is 20.8. The number of nitrogens with two attached hydrogens (primary N) is 1. The Labute approximate surface area is 339 Å². The van der Waals surface area contributed by atoms with E-state index in [9.17, 15) is 19.0 Å². The summed E-state index contributed by atoms with van der Waals surface area (Å²) in [6.45, 7) is 3.58. The first-order chi connectivity index (χ1) is 27.2. The molecule has 0 aliphatic heterocycles. The van der Waals surface area contributed by atoms with Crippen molar-refractivity contribution in [3.63, 3.8) is 0 Å². The molecule has 0 radical (unpaired) electrons. The van der Waals surface area contributed by atoms with Gasteiger partial charge in [-0.2, -0.15) is 0 Å². The molecule has 0 saturated carbocycles. The van der Waals surface area contributed by atoms with E-state index in [0.29, 0.717) is 13.0 Å². The molecule has 0 bridgehead atoms. The normalized spacial score (nSPS) is 14.9. The van der Waals surface area contributed by atoms with Gasteiger partial charge in [0.15, 0.2) is 0 Å². The van der Waals surface area contributed by atoms with Crippen LogP contribution in [0.25, 0.3) is 0 Å². The first-order valence-corrected chi connectivity index (χ1v) is 22.3. The van der Waals surface area contributed by atoms with Gasteiger partial charge in [0.1, 0.15) is 12.1 Å². The third-order valence-corrected chi connectivity index (χ3v) is 9.06. The summed E-state index contributed by atoms with van der Waals surface area (Å²) in [4.78, 5) is 33.5. The predicted octanol–water partition coefficient (Wildman–Crippen LogP) is 11.4. The molecule has 0 aliphatic rings. The second-order valence-electron chi connectivity index (χ2n) is 13.4. The fraction of sp³-hybridized carbons (Fsp3) is 0.600. The number of hydrogen-bond donors (Lipinski definition) is 3. The van der Waals surface area contributed by atoms with Gasteiger partial charge in [-0.3, -0.25) is 18.6 Å². The van der Waals surface area contributed by atoms with Crippen LogP contribution in [0.1, 0.15) is 136 Å². The van der Waals surface area contributed by atoms with Gasteiger partial charge in [-0.1, -0.05) is 150 Å². The summed E-state index contributed by atoms with van der Waals surface area (Å²) in [6.07, 6.45) is 51.9. The average Bonchev–Trinajstić information content (AvgIpc) is 3.18. The molecule has 0 aromatic carbocycles. The number of aliphatic carboxylic acids is 1. The minimum absolute atomic E-state index is 0.0274. The number of allylic oxidation sites excluding steroid dienone is 16. The van der Waals surface area contributed by atoms with Crippen molar-refractivity contribution in [2.75, 3.05) is 26.4 Å². The number of carbonyl (C=O) groups is 2. The lowest BCUT2D eigenvalue weighted by Gasteiger charge is -2.20. The SMILES string of the molecule is CC/C=C\C/C=C\C/C=C\C/C=C\C/C=C\C/C=C\CCC(=O)OC(COCCCCCCCC/C=C\C/C=C\CCCC)COP(=O)(O)OCC(N)C(=O)O. The highest BCUT2D eigenvalue weighted by Gasteiger charge is 2.27. The van der Waals surface area contributed by atoms with Gasteiger partial charge in [0.05, 0.1) is 19.8 Å². The number of esters is 1. The number of rotatable bonds is 38. The number of phosphoric acid groups is 1. The minimum atomic E-state index is -4.64. The zero-order valence-corrected chi connectivity index (χ0v) is 35.3. The molecule has 10 nitrogen and oxygen atoms in total. The quantitative estimate of drug-likeness (QED) is 0.0238. The smallest absolute Gasteiger partial charge is 0.472 e.